The van der Waals surface area contributed by atoms with Crippen molar-refractivity contribution in [3.8, 4) is 0 Å². The maximum absolute atomic E-state index is 5.67. The number of hydrogen-bond acceptors (Lipinski definition) is 3. The van der Waals surface area contributed by atoms with Gasteiger partial charge in [-0.3, -0.25) is 0 Å². The van der Waals surface area contributed by atoms with Gasteiger partial charge in [0.1, 0.15) is 5.76 Å². The first kappa shape index (κ1) is 11.4. The highest BCUT2D eigenvalue weighted by Crippen LogP contribution is 2.28. The molecule has 2 aromatic rings. The fourth-order valence-electron chi connectivity index (χ4n) is 1.92. The molecular formula is C13H17NOS. The molecule has 16 heavy (non-hydrogen) atoms. The van der Waals surface area contributed by atoms with Gasteiger partial charge in [-0.1, -0.05) is 6.07 Å². The average molecular weight is 235 g/mol. The Bertz CT molecular complexity index is 380. The van der Waals surface area contributed by atoms with Crippen LogP contribution in [0.4, 0.5) is 0 Å². The molecule has 0 aliphatic carbocycles. The van der Waals surface area contributed by atoms with E-state index in [1.54, 1.807) is 6.26 Å². The molecular weight excluding hydrogens is 218 g/mol. The minimum atomic E-state index is 0.579. The second kappa shape index (κ2) is 5.87. The number of aryl methyl sites for hydroxylation is 1. The number of thiophene rings is 1. The molecule has 0 aromatic carbocycles. The molecule has 1 unspecified atom stereocenters. The first-order chi connectivity index (χ1) is 7.90. The van der Waals surface area contributed by atoms with Crippen LogP contribution in [0.3, 0.4) is 0 Å². The molecule has 2 aromatic heterocycles. The van der Waals surface area contributed by atoms with Gasteiger partial charge in [0.15, 0.2) is 0 Å². The average Bonchev–Trinajstić information content (AvgIpc) is 2.96. The number of nitrogens with two attached hydrogens (primary N) is 1. The Hall–Kier alpha value is -1.06. The van der Waals surface area contributed by atoms with Crippen molar-refractivity contribution >= 4 is 11.3 Å². The summed E-state index contributed by atoms with van der Waals surface area (Å²) in [4.78, 5) is 1.44. The lowest BCUT2D eigenvalue weighted by Crippen LogP contribution is -2.07. The molecule has 3 heteroatoms. The van der Waals surface area contributed by atoms with Gasteiger partial charge in [0.2, 0.25) is 0 Å². The van der Waals surface area contributed by atoms with Crippen LogP contribution in [0.5, 0.6) is 0 Å². The van der Waals surface area contributed by atoms with Crippen molar-refractivity contribution in [2.75, 3.05) is 6.54 Å². The third-order valence-electron chi connectivity index (χ3n) is 2.78. The van der Waals surface area contributed by atoms with E-state index in [4.69, 9.17) is 10.2 Å². The topological polar surface area (TPSA) is 39.2 Å². The van der Waals surface area contributed by atoms with Gasteiger partial charge in [-0.25, -0.2) is 0 Å². The zero-order valence-electron chi connectivity index (χ0n) is 9.26. The van der Waals surface area contributed by atoms with Crippen LogP contribution in [0, 0.1) is 0 Å². The number of furan rings is 1. The third-order valence-corrected chi connectivity index (χ3v) is 3.81. The van der Waals surface area contributed by atoms with Gasteiger partial charge in [-0.15, -0.1) is 11.3 Å². The first-order valence-electron chi connectivity index (χ1n) is 5.66. The van der Waals surface area contributed by atoms with Crippen molar-refractivity contribution in [3.05, 3.63) is 46.5 Å². The summed E-state index contributed by atoms with van der Waals surface area (Å²) in [6.07, 6.45) is 4.90. The van der Waals surface area contributed by atoms with Crippen LogP contribution in [0.1, 0.15) is 29.4 Å². The monoisotopic (exact) mass is 235 g/mol. The van der Waals surface area contributed by atoms with E-state index in [-0.39, 0.29) is 0 Å². The van der Waals surface area contributed by atoms with Gasteiger partial charge in [0.25, 0.3) is 0 Å². The smallest absolute Gasteiger partial charge is 0.103 e. The SMILES string of the molecule is NCCC(CCc1ccco1)c1cccs1. The predicted octanol–water partition coefficient (Wildman–Crippen LogP) is 3.41. The molecule has 1 atom stereocenters. The van der Waals surface area contributed by atoms with Crippen LogP contribution < -0.4 is 5.73 Å². The van der Waals surface area contributed by atoms with Crippen molar-refractivity contribution in [2.45, 2.75) is 25.2 Å². The zero-order valence-corrected chi connectivity index (χ0v) is 10.1. The molecule has 2 rings (SSSR count). The van der Waals surface area contributed by atoms with Crippen LogP contribution in [0.15, 0.2) is 40.3 Å². The largest absolute Gasteiger partial charge is 0.469 e. The summed E-state index contributed by atoms with van der Waals surface area (Å²) in [5.74, 6) is 1.65. The molecule has 0 amide bonds. The molecule has 0 spiro atoms. The lowest BCUT2D eigenvalue weighted by atomic mass is 9.97. The summed E-state index contributed by atoms with van der Waals surface area (Å²) in [7, 11) is 0. The molecule has 0 fully saturated rings. The minimum Gasteiger partial charge on any atom is -0.469 e. The van der Waals surface area contributed by atoms with Gasteiger partial charge in [-0.2, -0.15) is 0 Å². The second-order valence-corrected chi connectivity index (χ2v) is 4.89. The summed E-state index contributed by atoms with van der Waals surface area (Å²) in [6, 6.07) is 8.29. The highest BCUT2D eigenvalue weighted by atomic mass is 32.1. The van der Waals surface area contributed by atoms with E-state index < -0.39 is 0 Å². The van der Waals surface area contributed by atoms with Crippen LogP contribution in [0.25, 0.3) is 0 Å². The highest BCUT2D eigenvalue weighted by molar-refractivity contribution is 7.10. The fourth-order valence-corrected chi connectivity index (χ4v) is 2.82. The Morgan fingerprint density at radius 2 is 2.19 bits per heavy atom. The van der Waals surface area contributed by atoms with Crippen molar-refractivity contribution in [1.82, 2.24) is 0 Å². The van der Waals surface area contributed by atoms with Gasteiger partial charge >= 0.3 is 0 Å². The fraction of sp³-hybridized carbons (Fsp3) is 0.385. The Balaban J connectivity index is 1.93. The molecule has 2 heterocycles. The maximum atomic E-state index is 5.67. The van der Waals surface area contributed by atoms with Crippen LogP contribution in [-0.4, -0.2) is 6.54 Å². The van der Waals surface area contributed by atoms with Crippen molar-refractivity contribution < 1.29 is 4.42 Å². The molecule has 0 saturated carbocycles. The molecule has 2 N–H and O–H groups in total. The van der Waals surface area contributed by atoms with E-state index in [2.05, 4.69) is 17.5 Å². The van der Waals surface area contributed by atoms with Gasteiger partial charge in [0, 0.05) is 11.3 Å². The van der Waals surface area contributed by atoms with E-state index in [0.717, 1.165) is 31.6 Å². The zero-order chi connectivity index (χ0) is 11.2. The number of hydrogen-bond donors (Lipinski definition) is 1. The van der Waals surface area contributed by atoms with Crippen LogP contribution in [0.2, 0.25) is 0 Å². The van der Waals surface area contributed by atoms with E-state index in [1.165, 1.54) is 4.88 Å². The summed E-state index contributed by atoms with van der Waals surface area (Å²) in [5, 5.41) is 2.13. The van der Waals surface area contributed by atoms with Crippen LogP contribution >= 0.6 is 11.3 Å². The van der Waals surface area contributed by atoms with E-state index >= 15 is 0 Å². The lowest BCUT2D eigenvalue weighted by molar-refractivity contribution is 0.481. The van der Waals surface area contributed by atoms with Gasteiger partial charge in [-0.05, 0) is 48.9 Å². The van der Waals surface area contributed by atoms with Gasteiger partial charge < -0.3 is 10.2 Å². The Morgan fingerprint density at radius 3 is 2.81 bits per heavy atom. The van der Waals surface area contributed by atoms with E-state index in [0.29, 0.717) is 5.92 Å². The molecule has 0 bridgehead atoms. The standard InChI is InChI=1S/C13H17NOS/c14-8-7-11(13-4-2-10-16-13)5-6-12-3-1-9-15-12/h1-4,9-11H,5-8,14H2. The number of rotatable bonds is 6. The first-order valence-corrected chi connectivity index (χ1v) is 6.54. The highest BCUT2D eigenvalue weighted by Gasteiger charge is 2.12. The molecule has 0 aliphatic heterocycles. The summed E-state index contributed by atoms with van der Waals surface area (Å²) >= 11 is 1.82. The van der Waals surface area contributed by atoms with Crippen molar-refractivity contribution in [1.29, 1.82) is 0 Å². The molecule has 0 saturated heterocycles. The normalized spacial score (nSPS) is 12.8. The van der Waals surface area contributed by atoms with Crippen molar-refractivity contribution in [2.24, 2.45) is 5.73 Å². The third kappa shape index (κ3) is 2.97. The second-order valence-electron chi connectivity index (χ2n) is 3.91. The van der Waals surface area contributed by atoms with E-state index in [1.807, 2.05) is 23.5 Å². The molecule has 0 radical (unpaired) electrons. The molecule has 2 nitrogen and oxygen atoms in total. The summed E-state index contributed by atoms with van der Waals surface area (Å²) < 4.78 is 5.35. The molecule has 0 aliphatic rings. The maximum Gasteiger partial charge on any atom is 0.103 e. The Morgan fingerprint density at radius 1 is 1.25 bits per heavy atom. The van der Waals surface area contributed by atoms with Crippen molar-refractivity contribution in [3.63, 3.8) is 0 Å². The molecule has 86 valence electrons. The summed E-state index contributed by atoms with van der Waals surface area (Å²) in [5.41, 5.74) is 5.67. The minimum absolute atomic E-state index is 0.579. The Kier molecular flexibility index (Phi) is 4.19. The quantitative estimate of drug-likeness (QED) is 0.833. The van der Waals surface area contributed by atoms with Gasteiger partial charge in [0.05, 0.1) is 6.26 Å². The lowest BCUT2D eigenvalue weighted by Gasteiger charge is -2.13. The van der Waals surface area contributed by atoms with Crippen LogP contribution in [-0.2, 0) is 6.42 Å². The van der Waals surface area contributed by atoms with E-state index in [9.17, 15) is 0 Å². The predicted molar refractivity (Wildman–Crippen MR) is 67.8 cm³/mol. The summed E-state index contributed by atoms with van der Waals surface area (Å²) in [6.45, 7) is 0.751. The Labute approximate surface area is 100 Å².